The van der Waals surface area contributed by atoms with Crippen LogP contribution in [0, 0.1) is 6.92 Å². The van der Waals surface area contributed by atoms with Crippen LogP contribution in [0.3, 0.4) is 0 Å². The van der Waals surface area contributed by atoms with Crippen LogP contribution in [0.1, 0.15) is 10.8 Å². The summed E-state index contributed by atoms with van der Waals surface area (Å²) < 4.78 is 5.33. The first-order valence-electron chi connectivity index (χ1n) is 3.91. The fourth-order valence-electron chi connectivity index (χ4n) is 1.08. The molecule has 0 saturated heterocycles. The molecule has 2 aromatic heterocycles. The Labute approximate surface area is 79.7 Å². The molecule has 0 spiro atoms. The van der Waals surface area contributed by atoms with Crippen LogP contribution in [0.15, 0.2) is 21.9 Å². The van der Waals surface area contributed by atoms with Gasteiger partial charge in [0, 0.05) is 5.38 Å². The first kappa shape index (κ1) is 8.47. The van der Waals surface area contributed by atoms with E-state index in [0.717, 1.165) is 10.7 Å². The van der Waals surface area contributed by atoms with E-state index in [0.29, 0.717) is 11.5 Å². The molecule has 0 unspecified atom stereocenters. The van der Waals surface area contributed by atoms with E-state index in [-0.39, 0.29) is 6.61 Å². The molecule has 0 aliphatic heterocycles. The zero-order chi connectivity index (χ0) is 9.26. The van der Waals surface area contributed by atoms with E-state index in [1.54, 1.807) is 17.4 Å². The summed E-state index contributed by atoms with van der Waals surface area (Å²) in [6.07, 6.45) is 0. The maximum Gasteiger partial charge on any atom is 0.153 e. The van der Waals surface area contributed by atoms with Crippen LogP contribution in [0.25, 0.3) is 11.5 Å². The lowest BCUT2D eigenvalue weighted by Crippen LogP contribution is -1.75. The molecule has 0 fully saturated rings. The first-order chi connectivity index (χ1) is 6.29. The molecular formula is C9H9NO2S. The molecular weight excluding hydrogens is 186 g/mol. The lowest BCUT2D eigenvalue weighted by molar-refractivity contribution is 0.248. The lowest BCUT2D eigenvalue weighted by Gasteiger charge is -1.88. The zero-order valence-corrected chi connectivity index (χ0v) is 7.97. The molecule has 2 heterocycles. The second-order valence-corrected chi connectivity index (χ2v) is 3.74. The Morgan fingerprint density at radius 3 is 2.92 bits per heavy atom. The van der Waals surface area contributed by atoms with Gasteiger partial charge in [-0.2, -0.15) is 0 Å². The quantitative estimate of drug-likeness (QED) is 0.799. The van der Waals surface area contributed by atoms with Gasteiger partial charge in [0.25, 0.3) is 0 Å². The van der Waals surface area contributed by atoms with E-state index in [1.165, 1.54) is 0 Å². The van der Waals surface area contributed by atoms with E-state index >= 15 is 0 Å². The number of aliphatic hydroxyl groups excluding tert-OH is 1. The summed E-state index contributed by atoms with van der Waals surface area (Å²) in [7, 11) is 0. The van der Waals surface area contributed by atoms with Crippen molar-refractivity contribution in [2.75, 3.05) is 0 Å². The maximum atomic E-state index is 8.79. The Balaban J connectivity index is 2.35. The van der Waals surface area contributed by atoms with E-state index in [4.69, 9.17) is 9.52 Å². The third-order valence-corrected chi connectivity index (χ3v) is 2.46. The van der Waals surface area contributed by atoms with Gasteiger partial charge in [-0.3, -0.25) is 0 Å². The van der Waals surface area contributed by atoms with Crippen LogP contribution < -0.4 is 0 Å². The summed E-state index contributed by atoms with van der Waals surface area (Å²) in [4.78, 5) is 4.27. The smallest absolute Gasteiger partial charge is 0.153 e. The molecule has 68 valence electrons. The van der Waals surface area contributed by atoms with Crippen molar-refractivity contribution in [3.63, 3.8) is 0 Å². The SMILES string of the molecule is Cc1nc(-c2ccc(CO)o2)cs1. The minimum absolute atomic E-state index is 0.0663. The number of rotatable bonds is 2. The summed E-state index contributed by atoms with van der Waals surface area (Å²) in [5, 5.41) is 11.7. The molecule has 0 saturated carbocycles. The van der Waals surface area contributed by atoms with Crippen molar-refractivity contribution in [1.82, 2.24) is 4.98 Å². The molecule has 1 N–H and O–H groups in total. The van der Waals surface area contributed by atoms with Gasteiger partial charge < -0.3 is 9.52 Å². The number of furan rings is 1. The average molecular weight is 195 g/mol. The van der Waals surface area contributed by atoms with E-state index < -0.39 is 0 Å². The Morgan fingerprint density at radius 1 is 1.54 bits per heavy atom. The van der Waals surface area contributed by atoms with Gasteiger partial charge >= 0.3 is 0 Å². The van der Waals surface area contributed by atoms with Crippen molar-refractivity contribution < 1.29 is 9.52 Å². The third kappa shape index (κ3) is 1.64. The number of aromatic nitrogens is 1. The van der Waals surface area contributed by atoms with E-state index in [9.17, 15) is 0 Å². The van der Waals surface area contributed by atoms with Crippen molar-refractivity contribution in [1.29, 1.82) is 0 Å². The van der Waals surface area contributed by atoms with Crippen LogP contribution in [-0.4, -0.2) is 10.1 Å². The molecule has 0 amide bonds. The summed E-state index contributed by atoms with van der Waals surface area (Å²) in [5.41, 5.74) is 0.835. The zero-order valence-electron chi connectivity index (χ0n) is 7.15. The second kappa shape index (κ2) is 3.32. The molecule has 0 radical (unpaired) electrons. The highest BCUT2D eigenvalue weighted by Gasteiger charge is 2.06. The lowest BCUT2D eigenvalue weighted by atomic mass is 10.3. The highest BCUT2D eigenvalue weighted by Crippen LogP contribution is 2.23. The van der Waals surface area contributed by atoms with Crippen LogP contribution in [0.4, 0.5) is 0 Å². The predicted molar refractivity (Wildman–Crippen MR) is 50.5 cm³/mol. The normalized spacial score (nSPS) is 10.6. The Kier molecular flexibility index (Phi) is 2.16. The Bertz CT molecular complexity index is 405. The molecule has 0 bridgehead atoms. The van der Waals surface area contributed by atoms with Crippen molar-refractivity contribution in [2.24, 2.45) is 0 Å². The summed E-state index contributed by atoms with van der Waals surface area (Å²) in [5.74, 6) is 1.29. The highest BCUT2D eigenvalue weighted by molar-refractivity contribution is 7.09. The van der Waals surface area contributed by atoms with Crippen molar-refractivity contribution in [3.8, 4) is 11.5 Å². The number of nitrogens with zero attached hydrogens (tertiary/aromatic N) is 1. The number of aryl methyl sites for hydroxylation is 1. The average Bonchev–Trinajstić information content (AvgIpc) is 2.71. The molecule has 0 aliphatic carbocycles. The number of hydrogen-bond acceptors (Lipinski definition) is 4. The van der Waals surface area contributed by atoms with Crippen LogP contribution in [-0.2, 0) is 6.61 Å². The molecule has 13 heavy (non-hydrogen) atoms. The van der Waals surface area contributed by atoms with Gasteiger partial charge in [-0.05, 0) is 19.1 Å². The fraction of sp³-hybridized carbons (Fsp3) is 0.222. The van der Waals surface area contributed by atoms with Crippen molar-refractivity contribution in [3.05, 3.63) is 28.3 Å². The Morgan fingerprint density at radius 2 is 2.38 bits per heavy atom. The molecule has 0 atom stereocenters. The Hall–Kier alpha value is -1.13. The van der Waals surface area contributed by atoms with Gasteiger partial charge in [0.15, 0.2) is 5.76 Å². The molecule has 3 nitrogen and oxygen atoms in total. The van der Waals surface area contributed by atoms with Gasteiger partial charge in [-0.1, -0.05) is 0 Å². The van der Waals surface area contributed by atoms with Gasteiger partial charge in [0.2, 0.25) is 0 Å². The standard InChI is InChI=1S/C9H9NO2S/c1-6-10-8(5-13-6)9-3-2-7(4-11)12-9/h2-3,5,11H,4H2,1H3. The third-order valence-electron chi connectivity index (χ3n) is 1.69. The van der Waals surface area contributed by atoms with Gasteiger partial charge in [0.1, 0.15) is 18.1 Å². The predicted octanol–water partition coefficient (Wildman–Crippen LogP) is 2.20. The molecule has 0 aliphatic rings. The molecule has 2 aromatic rings. The maximum absolute atomic E-state index is 8.79. The van der Waals surface area contributed by atoms with Crippen molar-refractivity contribution >= 4 is 11.3 Å². The van der Waals surface area contributed by atoms with Gasteiger partial charge in [-0.15, -0.1) is 11.3 Å². The molecule has 4 heteroatoms. The fourth-order valence-corrected chi connectivity index (χ4v) is 1.68. The summed E-state index contributed by atoms with van der Waals surface area (Å²) in [6.45, 7) is 1.88. The molecule has 2 rings (SSSR count). The minimum Gasteiger partial charge on any atom is -0.457 e. The van der Waals surface area contributed by atoms with Crippen LogP contribution in [0.5, 0.6) is 0 Å². The molecule has 0 aromatic carbocycles. The summed E-state index contributed by atoms with van der Waals surface area (Å²) >= 11 is 1.58. The van der Waals surface area contributed by atoms with Gasteiger partial charge in [-0.25, -0.2) is 4.98 Å². The number of aliphatic hydroxyl groups is 1. The minimum atomic E-state index is -0.0663. The van der Waals surface area contributed by atoms with Crippen molar-refractivity contribution in [2.45, 2.75) is 13.5 Å². The second-order valence-electron chi connectivity index (χ2n) is 2.68. The first-order valence-corrected chi connectivity index (χ1v) is 4.79. The largest absolute Gasteiger partial charge is 0.457 e. The monoisotopic (exact) mass is 195 g/mol. The highest BCUT2D eigenvalue weighted by atomic mass is 32.1. The van der Waals surface area contributed by atoms with E-state index in [2.05, 4.69) is 4.98 Å². The number of hydrogen-bond donors (Lipinski definition) is 1. The van der Waals surface area contributed by atoms with E-state index in [1.807, 2.05) is 18.4 Å². The topological polar surface area (TPSA) is 46.3 Å². The van der Waals surface area contributed by atoms with Crippen LogP contribution in [0.2, 0.25) is 0 Å². The van der Waals surface area contributed by atoms with Crippen LogP contribution >= 0.6 is 11.3 Å². The number of thiazole rings is 1. The van der Waals surface area contributed by atoms with Gasteiger partial charge in [0.05, 0.1) is 5.01 Å². The summed E-state index contributed by atoms with van der Waals surface area (Å²) in [6, 6.07) is 3.57.